The molecular weight excluding hydrogens is 246 g/mol. The van der Waals surface area contributed by atoms with Crippen LogP contribution in [0.15, 0.2) is 60.7 Å². The number of allylic oxidation sites excluding steroid dienone is 1. The fourth-order valence-electron chi connectivity index (χ4n) is 2.69. The standard InChI is InChI=1S/C18H19NO/c1-20-16-12-10-15(11-13-16)19-18-9-5-8-17(18)14-6-3-2-4-7-14/h2-4,6-8,10-13,18-19H,5,9H2,1H3/t18-/m0/s1. The monoisotopic (exact) mass is 265 g/mol. The molecule has 0 fully saturated rings. The third kappa shape index (κ3) is 2.69. The Morgan fingerprint density at radius 2 is 1.75 bits per heavy atom. The van der Waals surface area contributed by atoms with Crippen molar-refractivity contribution in [2.45, 2.75) is 18.9 Å². The van der Waals surface area contributed by atoms with Crippen LogP contribution in [0.25, 0.3) is 5.57 Å². The van der Waals surface area contributed by atoms with Crippen molar-refractivity contribution in [1.29, 1.82) is 0 Å². The Balaban J connectivity index is 1.75. The lowest BCUT2D eigenvalue weighted by atomic mass is 10.0. The zero-order valence-electron chi connectivity index (χ0n) is 11.7. The summed E-state index contributed by atoms with van der Waals surface area (Å²) in [4.78, 5) is 0. The molecule has 1 atom stereocenters. The number of nitrogens with one attached hydrogen (secondary N) is 1. The van der Waals surface area contributed by atoms with Crippen LogP contribution in [0, 0.1) is 0 Å². The summed E-state index contributed by atoms with van der Waals surface area (Å²) < 4.78 is 5.19. The minimum absolute atomic E-state index is 0.394. The molecule has 2 aromatic carbocycles. The molecule has 1 aliphatic rings. The maximum Gasteiger partial charge on any atom is 0.119 e. The summed E-state index contributed by atoms with van der Waals surface area (Å²) in [6.07, 6.45) is 4.63. The van der Waals surface area contributed by atoms with E-state index >= 15 is 0 Å². The van der Waals surface area contributed by atoms with Crippen molar-refractivity contribution in [2.75, 3.05) is 12.4 Å². The summed E-state index contributed by atoms with van der Waals surface area (Å²) in [6.45, 7) is 0. The van der Waals surface area contributed by atoms with Crippen LogP contribution in [-0.2, 0) is 0 Å². The Hall–Kier alpha value is -2.22. The van der Waals surface area contributed by atoms with Gasteiger partial charge in [0.2, 0.25) is 0 Å². The average Bonchev–Trinajstić information content (AvgIpc) is 2.97. The van der Waals surface area contributed by atoms with Crippen LogP contribution in [0.5, 0.6) is 5.75 Å². The molecule has 0 spiro atoms. The van der Waals surface area contributed by atoms with Gasteiger partial charge in [-0.1, -0.05) is 36.4 Å². The highest BCUT2D eigenvalue weighted by atomic mass is 16.5. The molecule has 1 N–H and O–H groups in total. The minimum Gasteiger partial charge on any atom is -0.497 e. The highest BCUT2D eigenvalue weighted by Crippen LogP contribution is 2.31. The third-order valence-corrected chi connectivity index (χ3v) is 3.73. The van der Waals surface area contributed by atoms with Gasteiger partial charge in [-0.3, -0.25) is 0 Å². The first-order chi connectivity index (χ1) is 9.86. The van der Waals surface area contributed by atoms with E-state index in [0.29, 0.717) is 6.04 Å². The molecular formula is C18H19NO. The number of methoxy groups -OCH3 is 1. The molecule has 0 unspecified atom stereocenters. The van der Waals surface area contributed by atoms with Crippen molar-refractivity contribution < 1.29 is 4.74 Å². The number of rotatable bonds is 4. The Morgan fingerprint density at radius 1 is 1.00 bits per heavy atom. The molecule has 3 rings (SSSR count). The van der Waals surface area contributed by atoms with E-state index in [4.69, 9.17) is 4.74 Å². The summed E-state index contributed by atoms with van der Waals surface area (Å²) in [5.41, 5.74) is 3.86. The van der Waals surface area contributed by atoms with Gasteiger partial charge in [0.15, 0.2) is 0 Å². The number of ether oxygens (including phenoxy) is 1. The van der Waals surface area contributed by atoms with E-state index in [1.54, 1.807) is 7.11 Å². The lowest BCUT2D eigenvalue weighted by Gasteiger charge is -2.19. The highest BCUT2D eigenvalue weighted by Gasteiger charge is 2.20. The number of hydrogen-bond donors (Lipinski definition) is 1. The Kier molecular flexibility index (Phi) is 3.73. The molecule has 102 valence electrons. The molecule has 20 heavy (non-hydrogen) atoms. The van der Waals surface area contributed by atoms with Crippen LogP contribution < -0.4 is 10.1 Å². The average molecular weight is 265 g/mol. The van der Waals surface area contributed by atoms with Crippen LogP contribution in [-0.4, -0.2) is 13.2 Å². The topological polar surface area (TPSA) is 21.3 Å². The predicted molar refractivity (Wildman–Crippen MR) is 84.1 cm³/mol. The van der Waals surface area contributed by atoms with Gasteiger partial charge in [0.25, 0.3) is 0 Å². The van der Waals surface area contributed by atoms with Gasteiger partial charge in [0.05, 0.1) is 13.2 Å². The van der Waals surface area contributed by atoms with Crippen molar-refractivity contribution >= 4 is 11.3 Å². The van der Waals surface area contributed by atoms with Crippen molar-refractivity contribution in [3.05, 3.63) is 66.2 Å². The van der Waals surface area contributed by atoms with Crippen molar-refractivity contribution in [3.8, 4) is 5.75 Å². The molecule has 0 saturated heterocycles. The fraction of sp³-hybridized carbons (Fsp3) is 0.222. The van der Waals surface area contributed by atoms with E-state index in [9.17, 15) is 0 Å². The molecule has 0 saturated carbocycles. The quantitative estimate of drug-likeness (QED) is 0.887. The number of benzene rings is 2. The van der Waals surface area contributed by atoms with E-state index in [2.05, 4.69) is 53.9 Å². The van der Waals surface area contributed by atoms with Gasteiger partial charge in [0.1, 0.15) is 5.75 Å². The van der Waals surface area contributed by atoms with Gasteiger partial charge in [0, 0.05) is 5.69 Å². The summed E-state index contributed by atoms with van der Waals surface area (Å²) in [7, 11) is 1.69. The fourth-order valence-corrected chi connectivity index (χ4v) is 2.69. The highest BCUT2D eigenvalue weighted by molar-refractivity contribution is 5.74. The molecule has 0 aliphatic heterocycles. The van der Waals surface area contributed by atoms with E-state index < -0.39 is 0 Å². The second-order valence-electron chi connectivity index (χ2n) is 5.03. The third-order valence-electron chi connectivity index (χ3n) is 3.73. The van der Waals surface area contributed by atoms with E-state index in [0.717, 1.165) is 24.3 Å². The maximum atomic E-state index is 5.19. The van der Waals surface area contributed by atoms with E-state index in [1.807, 2.05) is 12.1 Å². The summed E-state index contributed by atoms with van der Waals surface area (Å²) >= 11 is 0. The van der Waals surface area contributed by atoms with Gasteiger partial charge < -0.3 is 10.1 Å². The number of hydrogen-bond acceptors (Lipinski definition) is 2. The molecule has 0 amide bonds. The Labute approximate surface area is 120 Å². The first kappa shape index (κ1) is 12.8. The van der Waals surface area contributed by atoms with E-state index in [1.165, 1.54) is 11.1 Å². The van der Waals surface area contributed by atoms with Gasteiger partial charge in [-0.25, -0.2) is 0 Å². The van der Waals surface area contributed by atoms with Crippen LogP contribution >= 0.6 is 0 Å². The largest absolute Gasteiger partial charge is 0.497 e. The van der Waals surface area contributed by atoms with Crippen LogP contribution in [0.2, 0.25) is 0 Å². The van der Waals surface area contributed by atoms with Crippen molar-refractivity contribution in [2.24, 2.45) is 0 Å². The predicted octanol–water partition coefficient (Wildman–Crippen LogP) is 4.35. The minimum atomic E-state index is 0.394. The molecule has 2 aromatic rings. The van der Waals surface area contributed by atoms with E-state index in [-0.39, 0.29) is 0 Å². The summed E-state index contributed by atoms with van der Waals surface area (Å²) in [5, 5.41) is 3.62. The second-order valence-corrected chi connectivity index (χ2v) is 5.03. The summed E-state index contributed by atoms with van der Waals surface area (Å²) in [5.74, 6) is 0.890. The molecule has 0 bridgehead atoms. The van der Waals surface area contributed by atoms with Crippen molar-refractivity contribution in [1.82, 2.24) is 0 Å². The molecule has 0 aromatic heterocycles. The Morgan fingerprint density at radius 3 is 2.45 bits per heavy atom. The maximum absolute atomic E-state index is 5.19. The van der Waals surface area contributed by atoms with Crippen molar-refractivity contribution in [3.63, 3.8) is 0 Å². The summed E-state index contributed by atoms with van der Waals surface area (Å²) in [6, 6.07) is 19.1. The molecule has 0 radical (unpaired) electrons. The van der Waals surface area contributed by atoms with Crippen LogP contribution in [0.1, 0.15) is 18.4 Å². The lowest BCUT2D eigenvalue weighted by Crippen LogP contribution is -2.17. The first-order valence-corrected chi connectivity index (χ1v) is 7.03. The normalized spacial score (nSPS) is 17.6. The van der Waals surface area contributed by atoms with Gasteiger partial charge >= 0.3 is 0 Å². The second kappa shape index (κ2) is 5.83. The first-order valence-electron chi connectivity index (χ1n) is 7.03. The lowest BCUT2D eigenvalue weighted by molar-refractivity contribution is 0.415. The molecule has 2 heteroatoms. The van der Waals surface area contributed by atoms with Gasteiger partial charge in [-0.05, 0) is 48.2 Å². The van der Waals surface area contributed by atoms with Crippen LogP contribution in [0.3, 0.4) is 0 Å². The molecule has 0 heterocycles. The SMILES string of the molecule is COc1ccc(N[C@H]2CCC=C2c2ccccc2)cc1. The van der Waals surface area contributed by atoms with Crippen LogP contribution in [0.4, 0.5) is 5.69 Å². The number of anilines is 1. The van der Waals surface area contributed by atoms with Gasteiger partial charge in [-0.2, -0.15) is 0 Å². The zero-order chi connectivity index (χ0) is 13.8. The smallest absolute Gasteiger partial charge is 0.119 e. The molecule has 2 nitrogen and oxygen atoms in total. The molecule has 1 aliphatic carbocycles. The Bertz CT molecular complexity index is 587. The zero-order valence-corrected chi connectivity index (χ0v) is 11.7. The van der Waals surface area contributed by atoms with Gasteiger partial charge in [-0.15, -0.1) is 0 Å².